The Morgan fingerprint density at radius 3 is 2.42 bits per heavy atom. The molecular weight excluding hydrogens is 260 g/mol. The second-order valence-corrected chi connectivity index (χ2v) is 6.88. The van der Waals surface area contributed by atoms with E-state index in [4.69, 9.17) is 5.73 Å². The highest BCUT2D eigenvalue weighted by atomic mass is 32.2. The summed E-state index contributed by atoms with van der Waals surface area (Å²) in [4.78, 5) is 0.367. The summed E-state index contributed by atoms with van der Waals surface area (Å²) in [5, 5.41) is 0. The molecule has 19 heavy (non-hydrogen) atoms. The molecule has 2 rings (SSSR count). The number of hydrogen-bond acceptors (Lipinski definition) is 3. The van der Waals surface area contributed by atoms with Crippen LogP contribution >= 0.6 is 0 Å². The third kappa shape index (κ3) is 2.40. The summed E-state index contributed by atoms with van der Waals surface area (Å²) in [5.74, 6) is 0. The maximum absolute atomic E-state index is 12.7. The predicted octanol–water partition coefficient (Wildman–Crippen LogP) is 2.14. The number of rotatable bonds is 2. The molecule has 0 saturated heterocycles. The molecule has 0 amide bonds. The van der Waals surface area contributed by atoms with Crippen LogP contribution in [0, 0.1) is 20.8 Å². The van der Waals surface area contributed by atoms with Gasteiger partial charge in [0.15, 0.2) is 0 Å². The van der Waals surface area contributed by atoms with Gasteiger partial charge >= 0.3 is 0 Å². The van der Waals surface area contributed by atoms with Crippen molar-refractivity contribution in [3.05, 3.63) is 34.9 Å². The lowest BCUT2D eigenvalue weighted by molar-refractivity contribution is 0.437. The van der Waals surface area contributed by atoms with Crippen molar-refractivity contribution in [2.45, 2.75) is 32.1 Å². The van der Waals surface area contributed by atoms with Gasteiger partial charge in [0.05, 0.1) is 4.90 Å². The fourth-order valence-electron chi connectivity index (χ4n) is 2.55. The van der Waals surface area contributed by atoms with E-state index >= 15 is 0 Å². The maximum Gasteiger partial charge on any atom is 0.243 e. The Labute approximate surface area is 115 Å². The van der Waals surface area contributed by atoms with E-state index in [1.54, 1.807) is 6.92 Å². The quantitative estimate of drug-likeness (QED) is 0.667. The number of nitrogens with two attached hydrogens (primary N) is 1. The van der Waals surface area contributed by atoms with Crippen LogP contribution < -0.4 is 5.73 Å². The molecule has 1 heterocycles. The van der Waals surface area contributed by atoms with Crippen molar-refractivity contribution in [3.63, 3.8) is 0 Å². The Balaban J connectivity index is 2.58. The van der Waals surface area contributed by atoms with Crippen LogP contribution in [-0.4, -0.2) is 25.8 Å². The maximum atomic E-state index is 12.7. The first-order valence-electron chi connectivity index (χ1n) is 6.37. The summed E-state index contributed by atoms with van der Waals surface area (Å²) in [7, 11) is -3.46. The number of hydrogen-bond donors (Lipinski definition) is 1. The minimum atomic E-state index is -3.46. The lowest BCUT2D eigenvalue weighted by atomic mass is 10.1. The Morgan fingerprint density at radius 1 is 1.16 bits per heavy atom. The highest BCUT2D eigenvalue weighted by Crippen LogP contribution is 2.30. The molecule has 1 aromatic rings. The summed E-state index contributed by atoms with van der Waals surface area (Å²) >= 11 is 0. The average Bonchev–Trinajstić information content (AvgIpc) is 2.37. The number of benzene rings is 1. The molecule has 0 unspecified atom stereocenters. The first-order chi connectivity index (χ1) is 8.85. The minimum absolute atomic E-state index is 0.367. The van der Waals surface area contributed by atoms with Crippen molar-refractivity contribution in [1.82, 2.24) is 4.31 Å². The van der Waals surface area contributed by atoms with Crippen LogP contribution in [0.3, 0.4) is 0 Å². The first-order valence-corrected chi connectivity index (χ1v) is 7.81. The predicted molar refractivity (Wildman–Crippen MR) is 77.6 cm³/mol. The van der Waals surface area contributed by atoms with Crippen LogP contribution in [0.25, 0.3) is 0 Å². The van der Waals surface area contributed by atoms with Crippen LogP contribution in [0.1, 0.15) is 23.1 Å². The van der Waals surface area contributed by atoms with E-state index in [0.717, 1.165) is 17.5 Å². The van der Waals surface area contributed by atoms with Gasteiger partial charge in [-0.25, -0.2) is 8.42 Å². The molecule has 0 saturated carbocycles. The van der Waals surface area contributed by atoms with Crippen LogP contribution in [0.4, 0.5) is 5.69 Å². The minimum Gasteiger partial charge on any atom is -0.398 e. The van der Waals surface area contributed by atoms with E-state index < -0.39 is 10.0 Å². The SMILES string of the molecule is Cc1cc(C)c(S(=O)(=O)N2CC=CCC2)c(C)c1N. The number of nitrogen functional groups attached to an aromatic ring is 1. The number of aryl methyl sites for hydroxylation is 2. The first kappa shape index (κ1) is 14.1. The van der Waals surface area contributed by atoms with Crippen LogP contribution in [0.15, 0.2) is 23.1 Å². The molecule has 5 heteroatoms. The van der Waals surface area contributed by atoms with Gasteiger partial charge in [-0.3, -0.25) is 0 Å². The summed E-state index contributed by atoms with van der Waals surface area (Å²) in [6.45, 7) is 6.48. The average molecular weight is 280 g/mol. The topological polar surface area (TPSA) is 63.4 Å². The lowest BCUT2D eigenvalue weighted by Crippen LogP contribution is -2.34. The second kappa shape index (κ2) is 4.98. The fourth-order valence-corrected chi connectivity index (χ4v) is 4.39. The van der Waals surface area contributed by atoms with Crippen molar-refractivity contribution >= 4 is 15.7 Å². The van der Waals surface area contributed by atoms with E-state index in [0.29, 0.717) is 29.2 Å². The van der Waals surface area contributed by atoms with Crippen molar-refractivity contribution in [2.75, 3.05) is 18.8 Å². The smallest absolute Gasteiger partial charge is 0.243 e. The van der Waals surface area contributed by atoms with Crippen molar-refractivity contribution in [1.29, 1.82) is 0 Å². The van der Waals surface area contributed by atoms with Crippen LogP contribution in [0.2, 0.25) is 0 Å². The molecule has 0 fully saturated rings. The molecule has 1 aromatic carbocycles. The zero-order valence-corrected chi connectivity index (χ0v) is 12.4. The number of nitrogens with zero attached hydrogens (tertiary/aromatic N) is 1. The molecule has 0 spiro atoms. The van der Waals surface area contributed by atoms with Crippen LogP contribution in [0.5, 0.6) is 0 Å². The van der Waals surface area contributed by atoms with Crippen molar-refractivity contribution in [3.8, 4) is 0 Å². The van der Waals surface area contributed by atoms with E-state index in [1.807, 2.05) is 32.1 Å². The van der Waals surface area contributed by atoms with E-state index in [9.17, 15) is 8.42 Å². The third-order valence-electron chi connectivity index (χ3n) is 3.58. The summed E-state index contributed by atoms with van der Waals surface area (Å²) in [6, 6.07) is 1.84. The molecule has 2 N–H and O–H groups in total. The van der Waals surface area contributed by atoms with Gasteiger partial charge in [-0.15, -0.1) is 0 Å². The summed E-state index contributed by atoms with van der Waals surface area (Å²) in [6.07, 6.45) is 4.66. The highest BCUT2D eigenvalue weighted by molar-refractivity contribution is 7.89. The molecule has 4 nitrogen and oxygen atoms in total. The van der Waals surface area contributed by atoms with Gasteiger partial charge in [0.25, 0.3) is 0 Å². The molecule has 0 radical (unpaired) electrons. The summed E-state index contributed by atoms with van der Waals surface area (Å²) in [5.41, 5.74) is 8.89. The summed E-state index contributed by atoms with van der Waals surface area (Å²) < 4.78 is 27.0. The molecule has 0 aromatic heterocycles. The Kier molecular flexibility index (Phi) is 3.69. The Hall–Kier alpha value is -1.33. The lowest BCUT2D eigenvalue weighted by Gasteiger charge is -2.25. The standard InChI is InChI=1S/C14H20N2O2S/c1-10-9-11(2)14(12(3)13(10)15)19(17,18)16-7-5-4-6-8-16/h4-5,9H,6-8,15H2,1-3H3. The third-order valence-corrected chi connectivity index (χ3v) is 5.73. The van der Waals surface area contributed by atoms with E-state index in [2.05, 4.69) is 0 Å². The van der Waals surface area contributed by atoms with Gasteiger partial charge < -0.3 is 5.73 Å². The molecule has 0 atom stereocenters. The van der Waals surface area contributed by atoms with Crippen LogP contribution in [-0.2, 0) is 10.0 Å². The zero-order chi connectivity index (χ0) is 14.2. The molecule has 0 bridgehead atoms. The number of anilines is 1. The van der Waals surface area contributed by atoms with E-state index in [1.165, 1.54) is 4.31 Å². The molecular formula is C14H20N2O2S. The molecule has 0 aliphatic carbocycles. The molecule has 1 aliphatic rings. The van der Waals surface area contributed by atoms with Gasteiger partial charge in [0, 0.05) is 18.8 Å². The fraction of sp³-hybridized carbons (Fsp3) is 0.429. The molecule has 1 aliphatic heterocycles. The van der Waals surface area contributed by atoms with E-state index in [-0.39, 0.29) is 0 Å². The number of sulfonamides is 1. The zero-order valence-electron chi connectivity index (χ0n) is 11.6. The largest absolute Gasteiger partial charge is 0.398 e. The normalized spacial score (nSPS) is 16.8. The second-order valence-electron chi connectivity index (χ2n) is 5.00. The highest BCUT2D eigenvalue weighted by Gasteiger charge is 2.28. The monoisotopic (exact) mass is 280 g/mol. The van der Waals surface area contributed by atoms with Gasteiger partial charge in [-0.05, 0) is 43.9 Å². The Bertz CT molecular complexity index is 633. The Morgan fingerprint density at radius 2 is 1.84 bits per heavy atom. The van der Waals surface area contributed by atoms with Crippen molar-refractivity contribution in [2.24, 2.45) is 0 Å². The molecule has 104 valence electrons. The van der Waals surface area contributed by atoms with Gasteiger partial charge in [-0.2, -0.15) is 4.31 Å². The van der Waals surface area contributed by atoms with Gasteiger partial charge in [0.2, 0.25) is 10.0 Å². The van der Waals surface area contributed by atoms with Gasteiger partial charge in [-0.1, -0.05) is 18.2 Å². The van der Waals surface area contributed by atoms with Gasteiger partial charge in [0.1, 0.15) is 0 Å². The van der Waals surface area contributed by atoms with Crippen molar-refractivity contribution < 1.29 is 8.42 Å².